The molecule has 1 atom stereocenters. The van der Waals surface area contributed by atoms with Crippen LogP contribution < -0.4 is 4.72 Å². The van der Waals surface area contributed by atoms with E-state index in [9.17, 15) is 18.0 Å². The Hall–Kier alpha value is -2.03. The van der Waals surface area contributed by atoms with Crippen LogP contribution in [-0.4, -0.2) is 32.8 Å². The number of ketones is 1. The maximum absolute atomic E-state index is 12.7. The number of halogens is 1. The number of carbonyl (C=O) groups excluding carboxylic acids is 2. The van der Waals surface area contributed by atoms with Gasteiger partial charge in [0.25, 0.3) is 0 Å². The van der Waals surface area contributed by atoms with E-state index < -0.39 is 27.8 Å². The highest BCUT2D eigenvalue weighted by Crippen LogP contribution is 2.15. The molecule has 0 amide bonds. The lowest BCUT2D eigenvalue weighted by molar-refractivity contribution is -0.143. The molecule has 0 saturated heterocycles. The molecule has 0 spiro atoms. The third-order valence-electron chi connectivity index (χ3n) is 3.52. The maximum Gasteiger partial charge on any atom is 0.332 e. The van der Waals surface area contributed by atoms with Crippen molar-refractivity contribution in [3.8, 4) is 0 Å². The zero-order chi connectivity index (χ0) is 19.3. The number of Topliss-reactive ketones (excluding diaryl/α,β-unsaturated/α-hetero) is 1. The predicted molar refractivity (Wildman–Crippen MR) is 100 cm³/mol. The topological polar surface area (TPSA) is 89.5 Å². The second-order valence-electron chi connectivity index (χ2n) is 5.49. The van der Waals surface area contributed by atoms with Crippen LogP contribution in [0, 0.1) is 6.92 Å². The summed E-state index contributed by atoms with van der Waals surface area (Å²) in [5.74, 6) is -1.64. The normalized spacial score (nSPS) is 12.4. The highest BCUT2D eigenvalue weighted by atomic mass is 79.9. The fourth-order valence-electron chi connectivity index (χ4n) is 2.16. The molecule has 0 aromatic heterocycles. The summed E-state index contributed by atoms with van der Waals surface area (Å²) in [6.07, 6.45) is 0. The SMILES string of the molecule is CCOC(=O)C(NS(=O)(=O)c1ccc(C)cc1)C(=O)c1ccc(Br)cc1. The third-order valence-corrected chi connectivity index (χ3v) is 5.48. The number of carbonyl (C=O) groups is 2. The van der Waals surface area contributed by atoms with Crippen molar-refractivity contribution in [1.82, 2.24) is 4.72 Å². The average Bonchev–Trinajstić information content (AvgIpc) is 2.60. The number of hydrogen-bond acceptors (Lipinski definition) is 5. The minimum atomic E-state index is -4.08. The van der Waals surface area contributed by atoms with Crippen LogP contribution in [0.25, 0.3) is 0 Å². The second kappa shape index (κ2) is 8.57. The van der Waals surface area contributed by atoms with E-state index in [2.05, 4.69) is 20.7 Å². The third kappa shape index (κ3) is 5.00. The Bertz CT molecular complexity index is 892. The highest BCUT2D eigenvalue weighted by Gasteiger charge is 2.33. The van der Waals surface area contributed by atoms with Gasteiger partial charge in [0.05, 0.1) is 11.5 Å². The van der Waals surface area contributed by atoms with Crippen molar-refractivity contribution in [2.75, 3.05) is 6.61 Å². The first kappa shape index (κ1) is 20.3. The van der Waals surface area contributed by atoms with Crippen LogP contribution in [0.1, 0.15) is 22.8 Å². The zero-order valence-electron chi connectivity index (χ0n) is 14.2. The standard InChI is InChI=1S/C18H18BrNO5S/c1-3-25-18(22)16(17(21)13-6-8-14(19)9-7-13)20-26(23,24)15-10-4-12(2)5-11-15/h4-11,16,20H,3H2,1-2H3. The van der Waals surface area contributed by atoms with Crippen molar-refractivity contribution in [1.29, 1.82) is 0 Å². The summed E-state index contributed by atoms with van der Waals surface area (Å²) in [5.41, 5.74) is 1.08. The first-order valence-electron chi connectivity index (χ1n) is 7.80. The predicted octanol–water partition coefficient (Wildman–Crippen LogP) is 2.85. The number of nitrogens with one attached hydrogen (secondary N) is 1. The number of aryl methyl sites for hydroxylation is 1. The Balaban J connectivity index is 2.35. The van der Waals surface area contributed by atoms with Gasteiger partial charge in [0.1, 0.15) is 0 Å². The van der Waals surface area contributed by atoms with E-state index in [0.717, 1.165) is 10.0 Å². The van der Waals surface area contributed by atoms with Gasteiger partial charge in [-0.25, -0.2) is 13.2 Å². The minimum Gasteiger partial charge on any atom is -0.464 e. The molecular weight excluding hydrogens is 422 g/mol. The largest absolute Gasteiger partial charge is 0.464 e. The molecule has 2 aromatic rings. The van der Waals surface area contributed by atoms with Crippen molar-refractivity contribution in [3.63, 3.8) is 0 Å². The molecule has 0 aliphatic rings. The van der Waals surface area contributed by atoms with Crippen LogP contribution >= 0.6 is 15.9 Å². The van der Waals surface area contributed by atoms with Gasteiger partial charge in [-0.1, -0.05) is 45.8 Å². The van der Waals surface area contributed by atoms with Crippen molar-refractivity contribution in [2.45, 2.75) is 24.8 Å². The molecule has 0 aliphatic heterocycles. The molecule has 0 bridgehead atoms. The molecule has 1 unspecified atom stereocenters. The van der Waals surface area contributed by atoms with Gasteiger partial charge in [-0.15, -0.1) is 0 Å². The van der Waals surface area contributed by atoms with Gasteiger partial charge in [-0.2, -0.15) is 4.72 Å². The Morgan fingerprint density at radius 1 is 1.08 bits per heavy atom. The molecule has 2 rings (SSSR count). The van der Waals surface area contributed by atoms with Crippen LogP contribution in [0.3, 0.4) is 0 Å². The van der Waals surface area contributed by atoms with Crippen LogP contribution in [0.15, 0.2) is 57.9 Å². The quantitative estimate of drug-likeness (QED) is 0.406. The molecule has 0 fully saturated rings. The van der Waals surface area contributed by atoms with E-state index in [4.69, 9.17) is 4.74 Å². The van der Waals surface area contributed by atoms with Crippen LogP contribution in [-0.2, 0) is 19.6 Å². The van der Waals surface area contributed by atoms with E-state index in [1.165, 1.54) is 24.3 Å². The van der Waals surface area contributed by atoms with Crippen molar-refractivity contribution in [3.05, 3.63) is 64.1 Å². The molecule has 1 N–H and O–H groups in total. The summed E-state index contributed by atoms with van der Waals surface area (Å²) in [4.78, 5) is 24.9. The fraction of sp³-hybridized carbons (Fsp3) is 0.222. The summed E-state index contributed by atoms with van der Waals surface area (Å²) in [6.45, 7) is 3.42. The lowest BCUT2D eigenvalue weighted by Crippen LogP contribution is -2.47. The summed E-state index contributed by atoms with van der Waals surface area (Å²) >= 11 is 3.26. The number of esters is 1. The van der Waals surface area contributed by atoms with E-state index in [-0.39, 0.29) is 17.1 Å². The molecule has 2 aromatic carbocycles. The molecule has 0 saturated carbocycles. The first-order chi connectivity index (χ1) is 12.2. The van der Waals surface area contributed by atoms with Gasteiger partial charge in [0, 0.05) is 10.0 Å². The van der Waals surface area contributed by atoms with Gasteiger partial charge >= 0.3 is 5.97 Å². The van der Waals surface area contributed by atoms with Gasteiger partial charge in [0.15, 0.2) is 11.8 Å². The smallest absolute Gasteiger partial charge is 0.332 e. The van der Waals surface area contributed by atoms with Gasteiger partial charge in [-0.3, -0.25) is 4.79 Å². The monoisotopic (exact) mass is 439 g/mol. The average molecular weight is 440 g/mol. The molecule has 26 heavy (non-hydrogen) atoms. The summed E-state index contributed by atoms with van der Waals surface area (Å²) < 4.78 is 32.9. The number of sulfonamides is 1. The van der Waals surface area contributed by atoms with E-state index in [1.807, 2.05) is 6.92 Å². The Morgan fingerprint density at radius 2 is 1.65 bits per heavy atom. The summed E-state index contributed by atoms with van der Waals surface area (Å²) in [7, 11) is -4.08. The Morgan fingerprint density at radius 3 is 2.19 bits per heavy atom. The van der Waals surface area contributed by atoms with Crippen LogP contribution in [0.2, 0.25) is 0 Å². The Kier molecular flexibility index (Phi) is 6.69. The lowest BCUT2D eigenvalue weighted by Gasteiger charge is -2.17. The zero-order valence-corrected chi connectivity index (χ0v) is 16.6. The number of hydrogen-bond donors (Lipinski definition) is 1. The number of benzene rings is 2. The summed E-state index contributed by atoms with van der Waals surface area (Å²) in [5, 5.41) is 0. The molecule has 8 heteroatoms. The van der Waals surface area contributed by atoms with Gasteiger partial charge < -0.3 is 4.74 Å². The van der Waals surface area contributed by atoms with Crippen LogP contribution in [0.4, 0.5) is 0 Å². The van der Waals surface area contributed by atoms with Gasteiger partial charge in [0.2, 0.25) is 10.0 Å². The molecule has 6 nitrogen and oxygen atoms in total. The number of ether oxygens (including phenoxy) is 1. The molecule has 0 heterocycles. The summed E-state index contributed by atoms with van der Waals surface area (Å²) in [6, 6.07) is 10.7. The molecule has 138 valence electrons. The maximum atomic E-state index is 12.7. The number of rotatable bonds is 7. The molecule has 0 radical (unpaired) electrons. The Labute approximate surface area is 160 Å². The minimum absolute atomic E-state index is 0.0230. The second-order valence-corrected chi connectivity index (χ2v) is 8.12. The van der Waals surface area contributed by atoms with Gasteiger partial charge in [-0.05, 0) is 38.1 Å². The molecule has 0 aliphatic carbocycles. The van der Waals surface area contributed by atoms with Crippen molar-refractivity contribution < 1.29 is 22.7 Å². The highest BCUT2D eigenvalue weighted by molar-refractivity contribution is 9.10. The first-order valence-corrected chi connectivity index (χ1v) is 10.1. The van der Waals surface area contributed by atoms with Crippen molar-refractivity contribution in [2.24, 2.45) is 0 Å². The molecular formula is C18H18BrNO5S. The lowest BCUT2D eigenvalue weighted by atomic mass is 10.1. The van der Waals surface area contributed by atoms with Crippen LogP contribution in [0.5, 0.6) is 0 Å². The fourth-order valence-corrected chi connectivity index (χ4v) is 3.56. The van der Waals surface area contributed by atoms with E-state index in [1.54, 1.807) is 31.2 Å². The van der Waals surface area contributed by atoms with E-state index in [0.29, 0.717) is 0 Å². The van der Waals surface area contributed by atoms with Crippen molar-refractivity contribution >= 4 is 37.7 Å². The van der Waals surface area contributed by atoms with E-state index >= 15 is 0 Å².